The first kappa shape index (κ1) is 16.1. The summed E-state index contributed by atoms with van der Waals surface area (Å²) in [5.41, 5.74) is 7.02. The van der Waals surface area contributed by atoms with E-state index in [1.54, 1.807) is 0 Å². The van der Waals surface area contributed by atoms with Gasteiger partial charge in [0.25, 0.3) is 0 Å². The van der Waals surface area contributed by atoms with E-state index in [0.717, 1.165) is 37.0 Å². The lowest BCUT2D eigenvalue weighted by Crippen LogP contribution is -2.10. The van der Waals surface area contributed by atoms with Gasteiger partial charge in [-0.1, -0.05) is 12.1 Å². The number of aromatic nitrogens is 2. The van der Waals surface area contributed by atoms with Gasteiger partial charge in [0.15, 0.2) is 11.6 Å². The number of nitrogen functional groups attached to an aromatic ring is 1. The van der Waals surface area contributed by atoms with E-state index in [2.05, 4.69) is 57.3 Å². The van der Waals surface area contributed by atoms with E-state index in [9.17, 15) is 0 Å². The van der Waals surface area contributed by atoms with Crippen molar-refractivity contribution in [3.8, 4) is 0 Å². The number of thioether (sulfide) groups is 1. The van der Waals surface area contributed by atoms with Crippen molar-refractivity contribution < 1.29 is 0 Å². The maximum absolute atomic E-state index is 5.67. The summed E-state index contributed by atoms with van der Waals surface area (Å²) in [6.07, 6.45) is 1.06. The zero-order valence-electron chi connectivity index (χ0n) is 12.4. The van der Waals surface area contributed by atoms with Crippen LogP contribution in [0.2, 0.25) is 0 Å². The molecule has 0 aliphatic carbocycles. The molecule has 0 saturated carbocycles. The van der Waals surface area contributed by atoms with Gasteiger partial charge in [0, 0.05) is 18.0 Å². The SMILES string of the molecule is CN(C)Cc1cccc(SCCCNc2nsnc2N)c1. The average molecular weight is 323 g/mol. The molecule has 0 aliphatic rings. The van der Waals surface area contributed by atoms with Gasteiger partial charge in [0.2, 0.25) is 0 Å². The highest BCUT2D eigenvalue weighted by molar-refractivity contribution is 7.99. The second kappa shape index (κ2) is 8.21. The normalized spacial score (nSPS) is 11.0. The van der Waals surface area contributed by atoms with Gasteiger partial charge in [-0.3, -0.25) is 0 Å². The first-order valence-electron chi connectivity index (χ1n) is 6.83. The van der Waals surface area contributed by atoms with Gasteiger partial charge < -0.3 is 16.0 Å². The van der Waals surface area contributed by atoms with Crippen molar-refractivity contribution in [2.24, 2.45) is 0 Å². The summed E-state index contributed by atoms with van der Waals surface area (Å²) >= 11 is 3.02. The molecule has 2 rings (SSSR count). The molecule has 0 bridgehead atoms. The van der Waals surface area contributed by atoms with Gasteiger partial charge >= 0.3 is 0 Å². The summed E-state index contributed by atoms with van der Waals surface area (Å²) in [6, 6.07) is 8.73. The zero-order chi connectivity index (χ0) is 15.1. The van der Waals surface area contributed by atoms with Crippen LogP contribution in [-0.2, 0) is 6.54 Å². The van der Waals surface area contributed by atoms with Crippen molar-refractivity contribution in [2.75, 3.05) is 37.4 Å². The van der Waals surface area contributed by atoms with Gasteiger partial charge in [-0.15, -0.1) is 11.8 Å². The minimum absolute atomic E-state index is 0.490. The summed E-state index contributed by atoms with van der Waals surface area (Å²) in [5, 5.41) is 3.21. The Kier molecular flexibility index (Phi) is 6.28. The van der Waals surface area contributed by atoms with E-state index in [-0.39, 0.29) is 0 Å². The van der Waals surface area contributed by atoms with E-state index in [1.165, 1.54) is 10.5 Å². The summed E-state index contributed by atoms with van der Waals surface area (Å²) < 4.78 is 8.03. The molecule has 0 radical (unpaired) electrons. The van der Waals surface area contributed by atoms with Crippen molar-refractivity contribution in [3.63, 3.8) is 0 Å². The third-order valence-electron chi connectivity index (χ3n) is 2.79. The molecule has 0 atom stereocenters. The van der Waals surface area contributed by atoms with E-state index in [1.807, 2.05) is 11.8 Å². The molecular weight excluding hydrogens is 302 g/mol. The standard InChI is InChI=1S/C14H21N5S2/c1-19(2)10-11-5-3-6-12(9-11)20-8-4-7-16-14-13(15)17-21-18-14/h3,5-6,9H,4,7-8,10H2,1-2H3,(H2,15,17)(H,16,18). The van der Waals surface area contributed by atoms with Crippen molar-refractivity contribution >= 4 is 35.1 Å². The molecule has 0 spiro atoms. The Morgan fingerprint density at radius 1 is 1.33 bits per heavy atom. The fraction of sp³-hybridized carbons (Fsp3) is 0.429. The van der Waals surface area contributed by atoms with E-state index in [4.69, 9.17) is 5.73 Å². The number of anilines is 2. The number of nitrogens with zero attached hydrogens (tertiary/aromatic N) is 3. The molecule has 0 saturated heterocycles. The van der Waals surface area contributed by atoms with E-state index < -0.39 is 0 Å². The summed E-state index contributed by atoms with van der Waals surface area (Å²) in [7, 11) is 4.18. The van der Waals surface area contributed by atoms with Crippen LogP contribution in [0.4, 0.5) is 11.6 Å². The number of hydrogen-bond acceptors (Lipinski definition) is 7. The Hall–Kier alpha value is -1.31. The monoisotopic (exact) mass is 323 g/mol. The Bertz CT molecular complexity index is 556. The predicted molar refractivity (Wildman–Crippen MR) is 92.0 cm³/mol. The fourth-order valence-electron chi connectivity index (χ4n) is 1.89. The maximum Gasteiger partial charge on any atom is 0.184 e. The minimum atomic E-state index is 0.490. The molecule has 0 amide bonds. The number of hydrogen-bond donors (Lipinski definition) is 2. The number of benzene rings is 1. The van der Waals surface area contributed by atoms with Gasteiger partial charge in [-0.05, 0) is 44.0 Å². The third kappa shape index (κ3) is 5.53. The molecule has 114 valence electrons. The maximum atomic E-state index is 5.67. The van der Waals surface area contributed by atoms with Crippen LogP contribution < -0.4 is 11.1 Å². The highest BCUT2D eigenvalue weighted by Crippen LogP contribution is 2.21. The largest absolute Gasteiger partial charge is 0.380 e. The Morgan fingerprint density at radius 3 is 2.90 bits per heavy atom. The minimum Gasteiger partial charge on any atom is -0.380 e. The molecule has 7 heteroatoms. The van der Waals surface area contributed by atoms with Crippen LogP contribution in [0.15, 0.2) is 29.2 Å². The molecule has 1 heterocycles. The smallest absolute Gasteiger partial charge is 0.184 e. The fourth-order valence-corrected chi connectivity index (χ4v) is 3.27. The molecule has 1 aromatic heterocycles. The van der Waals surface area contributed by atoms with Gasteiger partial charge in [0.05, 0.1) is 11.7 Å². The molecule has 0 fully saturated rings. The van der Waals surface area contributed by atoms with Crippen LogP contribution in [0.25, 0.3) is 0 Å². The first-order valence-corrected chi connectivity index (χ1v) is 8.55. The van der Waals surface area contributed by atoms with Crippen LogP contribution in [0.3, 0.4) is 0 Å². The molecule has 0 aliphatic heterocycles. The summed E-state index contributed by atoms with van der Waals surface area (Å²) in [4.78, 5) is 3.50. The second-order valence-corrected chi connectivity index (χ2v) is 6.71. The molecule has 2 aromatic rings. The summed E-state index contributed by atoms with van der Waals surface area (Å²) in [5.74, 6) is 2.26. The number of rotatable bonds is 8. The molecule has 21 heavy (non-hydrogen) atoms. The van der Waals surface area contributed by atoms with E-state index in [0.29, 0.717) is 11.6 Å². The quantitative estimate of drug-likeness (QED) is 0.575. The van der Waals surface area contributed by atoms with Crippen molar-refractivity contribution in [2.45, 2.75) is 17.9 Å². The molecule has 5 nitrogen and oxygen atoms in total. The Labute approximate surface area is 134 Å². The highest BCUT2D eigenvalue weighted by atomic mass is 32.2. The second-order valence-electron chi connectivity index (χ2n) is 5.01. The predicted octanol–water partition coefficient (Wildman–Crippen LogP) is 2.78. The highest BCUT2D eigenvalue weighted by Gasteiger charge is 2.02. The Balaban J connectivity index is 1.70. The molecule has 1 aromatic carbocycles. The van der Waals surface area contributed by atoms with Crippen LogP contribution in [0, 0.1) is 0 Å². The first-order chi connectivity index (χ1) is 10.1. The topological polar surface area (TPSA) is 67.1 Å². The average Bonchev–Trinajstić information content (AvgIpc) is 2.84. The van der Waals surface area contributed by atoms with Crippen LogP contribution in [0.1, 0.15) is 12.0 Å². The molecular formula is C14H21N5S2. The van der Waals surface area contributed by atoms with Crippen LogP contribution in [0.5, 0.6) is 0 Å². The lowest BCUT2D eigenvalue weighted by Gasteiger charge is -2.10. The van der Waals surface area contributed by atoms with Crippen molar-refractivity contribution in [1.82, 2.24) is 13.6 Å². The van der Waals surface area contributed by atoms with Crippen molar-refractivity contribution in [1.29, 1.82) is 0 Å². The Morgan fingerprint density at radius 2 is 2.19 bits per heavy atom. The van der Waals surface area contributed by atoms with E-state index >= 15 is 0 Å². The van der Waals surface area contributed by atoms with Crippen molar-refractivity contribution in [3.05, 3.63) is 29.8 Å². The lowest BCUT2D eigenvalue weighted by atomic mass is 10.2. The summed E-state index contributed by atoms with van der Waals surface area (Å²) in [6.45, 7) is 1.84. The van der Waals surface area contributed by atoms with Crippen LogP contribution in [-0.4, -0.2) is 40.0 Å². The number of nitrogens with one attached hydrogen (secondary N) is 1. The van der Waals surface area contributed by atoms with Gasteiger partial charge in [-0.2, -0.15) is 8.75 Å². The van der Waals surface area contributed by atoms with Gasteiger partial charge in [-0.25, -0.2) is 0 Å². The third-order valence-corrected chi connectivity index (χ3v) is 4.42. The van der Waals surface area contributed by atoms with Crippen LogP contribution >= 0.6 is 23.5 Å². The zero-order valence-corrected chi connectivity index (χ0v) is 14.0. The lowest BCUT2D eigenvalue weighted by molar-refractivity contribution is 0.402. The molecule has 3 N–H and O–H groups in total. The molecule has 0 unspecified atom stereocenters. The number of nitrogens with two attached hydrogens (primary N) is 1. The van der Waals surface area contributed by atoms with Gasteiger partial charge in [0.1, 0.15) is 0 Å².